The minimum atomic E-state index is -0.614. The molecule has 1 atom stereocenters. The van der Waals surface area contributed by atoms with Crippen molar-refractivity contribution >= 4 is 28.5 Å². The van der Waals surface area contributed by atoms with Crippen molar-refractivity contribution in [3.8, 4) is 0 Å². The number of rotatable bonds is 6. The fourth-order valence-corrected chi connectivity index (χ4v) is 2.47. The molecule has 1 heterocycles. The number of anilines is 1. The fraction of sp³-hybridized carbons (Fsp3) is 0.471. The normalized spacial score (nSPS) is 12.6. The Balaban J connectivity index is 2.10. The third-order valence-electron chi connectivity index (χ3n) is 3.64. The van der Waals surface area contributed by atoms with E-state index in [9.17, 15) is 14.4 Å². The monoisotopic (exact) mass is 332 g/mol. The lowest BCUT2D eigenvalue weighted by Gasteiger charge is -2.22. The molecule has 0 spiro atoms. The van der Waals surface area contributed by atoms with Gasteiger partial charge in [-0.1, -0.05) is 27.7 Å². The molecule has 130 valence electrons. The maximum Gasteiger partial charge on any atom is 0.323 e. The zero-order valence-electron chi connectivity index (χ0n) is 14.4. The van der Waals surface area contributed by atoms with Gasteiger partial charge >= 0.3 is 5.69 Å². The first kappa shape index (κ1) is 17.8. The number of nitrogens with one attached hydrogen (secondary N) is 4. The van der Waals surface area contributed by atoms with Gasteiger partial charge in [0.1, 0.15) is 6.04 Å². The minimum absolute atomic E-state index is 0.0445. The van der Waals surface area contributed by atoms with Crippen LogP contribution in [-0.4, -0.2) is 27.8 Å². The summed E-state index contributed by atoms with van der Waals surface area (Å²) in [6.07, 6.45) is 0.382. The summed E-state index contributed by atoms with van der Waals surface area (Å²) in [6.45, 7) is 7.67. The van der Waals surface area contributed by atoms with Gasteiger partial charge in [-0.3, -0.25) is 9.59 Å². The van der Waals surface area contributed by atoms with E-state index in [1.54, 1.807) is 18.2 Å². The Morgan fingerprint density at radius 2 is 1.75 bits per heavy atom. The van der Waals surface area contributed by atoms with Gasteiger partial charge in [-0.15, -0.1) is 0 Å². The van der Waals surface area contributed by atoms with Gasteiger partial charge in [0.15, 0.2) is 0 Å². The van der Waals surface area contributed by atoms with Crippen molar-refractivity contribution in [2.75, 3.05) is 5.32 Å². The van der Waals surface area contributed by atoms with Crippen LogP contribution in [0.25, 0.3) is 11.0 Å². The Bertz CT molecular complexity index is 788. The number of aromatic amines is 2. The van der Waals surface area contributed by atoms with Gasteiger partial charge in [-0.05, 0) is 30.0 Å². The van der Waals surface area contributed by atoms with Gasteiger partial charge in [-0.2, -0.15) is 0 Å². The number of carbonyl (C=O) groups excluding carboxylic acids is 2. The quantitative estimate of drug-likeness (QED) is 0.649. The Labute approximate surface area is 140 Å². The molecule has 0 fully saturated rings. The topological polar surface area (TPSA) is 107 Å². The lowest BCUT2D eigenvalue weighted by atomic mass is 10.0. The van der Waals surface area contributed by atoms with Crippen molar-refractivity contribution < 1.29 is 9.59 Å². The molecule has 0 saturated carbocycles. The van der Waals surface area contributed by atoms with Crippen LogP contribution in [0.4, 0.5) is 5.69 Å². The van der Waals surface area contributed by atoms with Crippen LogP contribution in [0.5, 0.6) is 0 Å². The van der Waals surface area contributed by atoms with Crippen molar-refractivity contribution in [2.24, 2.45) is 11.8 Å². The Hall–Kier alpha value is -2.57. The van der Waals surface area contributed by atoms with Crippen LogP contribution in [0.3, 0.4) is 0 Å². The number of imidazole rings is 1. The molecule has 1 aromatic carbocycles. The summed E-state index contributed by atoms with van der Waals surface area (Å²) in [7, 11) is 0. The van der Waals surface area contributed by atoms with Crippen LogP contribution in [0.15, 0.2) is 23.0 Å². The van der Waals surface area contributed by atoms with Crippen LogP contribution in [0.2, 0.25) is 0 Å². The van der Waals surface area contributed by atoms with E-state index in [1.165, 1.54) is 0 Å². The van der Waals surface area contributed by atoms with Gasteiger partial charge in [-0.25, -0.2) is 4.79 Å². The van der Waals surface area contributed by atoms with Crippen LogP contribution in [0.1, 0.15) is 34.1 Å². The van der Waals surface area contributed by atoms with Crippen LogP contribution in [0, 0.1) is 11.8 Å². The second-order valence-electron chi connectivity index (χ2n) is 6.72. The summed E-state index contributed by atoms with van der Waals surface area (Å²) < 4.78 is 0. The molecule has 1 unspecified atom stereocenters. The summed E-state index contributed by atoms with van der Waals surface area (Å²) in [5, 5.41) is 5.59. The predicted octanol–water partition coefficient (Wildman–Crippen LogP) is 1.98. The molecule has 0 radical (unpaired) electrons. The van der Waals surface area contributed by atoms with Gasteiger partial charge in [0.05, 0.1) is 11.0 Å². The lowest BCUT2D eigenvalue weighted by molar-refractivity contribution is -0.127. The Morgan fingerprint density at radius 3 is 2.38 bits per heavy atom. The molecule has 4 N–H and O–H groups in total. The highest BCUT2D eigenvalue weighted by molar-refractivity contribution is 5.98. The van der Waals surface area contributed by atoms with E-state index in [2.05, 4.69) is 20.6 Å². The maximum absolute atomic E-state index is 12.5. The van der Waals surface area contributed by atoms with E-state index >= 15 is 0 Å². The highest BCUT2D eigenvalue weighted by Gasteiger charge is 2.24. The van der Waals surface area contributed by atoms with E-state index in [4.69, 9.17) is 0 Å². The van der Waals surface area contributed by atoms with E-state index in [0.29, 0.717) is 23.1 Å². The molecular formula is C17H24N4O3. The van der Waals surface area contributed by atoms with E-state index < -0.39 is 6.04 Å². The molecular weight excluding hydrogens is 308 g/mol. The molecule has 2 amide bonds. The molecule has 0 aliphatic carbocycles. The largest absolute Gasteiger partial charge is 0.344 e. The second kappa shape index (κ2) is 7.33. The first-order valence-electron chi connectivity index (χ1n) is 8.08. The molecule has 7 nitrogen and oxygen atoms in total. The number of benzene rings is 1. The van der Waals surface area contributed by atoms with Gasteiger partial charge in [0, 0.05) is 12.1 Å². The molecule has 0 bridgehead atoms. The van der Waals surface area contributed by atoms with Crippen molar-refractivity contribution in [1.29, 1.82) is 0 Å². The zero-order chi connectivity index (χ0) is 17.9. The standard InChI is InChI=1S/C17H24N4O3/c1-9(2)7-14(22)21-15(10(3)4)16(23)18-11-5-6-12-13(8-11)20-17(24)19-12/h5-6,8-10,15H,7H2,1-4H3,(H,18,23)(H,21,22)(H2,19,20,24). The Kier molecular flexibility index (Phi) is 5.43. The van der Waals surface area contributed by atoms with E-state index in [-0.39, 0.29) is 29.3 Å². The predicted molar refractivity (Wildman–Crippen MR) is 93.8 cm³/mol. The lowest BCUT2D eigenvalue weighted by Crippen LogP contribution is -2.47. The number of amides is 2. The Morgan fingerprint density at radius 1 is 1.08 bits per heavy atom. The van der Waals surface area contributed by atoms with Crippen molar-refractivity contribution in [2.45, 2.75) is 40.2 Å². The second-order valence-corrected chi connectivity index (χ2v) is 6.72. The molecule has 0 aliphatic heterocycles. The van der Waals surface area contributed by atoms with Crippen molar-refractivity contribution in [1.82, 2.24) is 15.3 Å². The molecule has 2 rings (SSSR count). The molecule has 7 heteroatoms. The van der Waals surface area contributed by atoms with Crippen LogP contribution in [-0.2, 0) is 9.59 Å². The average molecular weight is 332 g/mol. The van der Waals surface area contributed by atoms with Crippen LogP contribution >= 0.6 is 0 Å². The first-order chi connectivity index (χ1) is 11.3. The number of fused-ring (bicyclic) bond motifs is 1. The minimum Gasteiger partial charge on any atom is -0.344 e. The van der Waals surface area contributed by atoms with Gasteiger partial charge in [0.2, 0.25) is 11.8 Å². The van der Waals surface area contributed by atoms with Crippen molar-refractivity contribution in [3.63, 3.8) is 0 Å². The first-order valence-corrected chi connectivity index (χ1v) is 8.08. The molecule has 1 aromatic heterocycles. The third-order valence-corrected chi connectivity index (χ3v) is 3.64. The van der Waals surface area contributed by atoms with Gasteiger partial charge in [0.25, 0.3) is 0 Å². The van der Waals surface area contributed by atoms with Gasteiger partial charge < -0.3 is 20.6 Å². The van der Waals surface area contributed by atoms with E-state index in [0.717, 1.165) is 0 Å². The molecule has 0 saturated heterocycles. The van der Waals surface area contributed by atoms with E-state index in [1.807, 2.05) is 27.7 Å². The summed E-state index contributed by atoms with van der Waals surface area (Å²) >= 11 is 0. The highest BCUT2D eigenvalue weighted by atomic mass is 16.2. The summed E-state index contributed by atoms with van der Waals surface area (Å²) in [5.74, 6) is -0.228. The molecule has 0 aliphatic rings. The molecule has 2 aromatic rings. The molecule has 24 heavy (non-hydrogen) atoms. The SMILES string of the molecule is CC(C)CC(=O)NC(C(=O)Nc1ccc2[nH]c(=O)[nH]c2c1)C(C)C. The average Bonchev–Trinajstić information content (AvgIpc) is 2.82. The summed E-state index contributed by atoms with van der Waals surface area (Å²) in [4.78, 5) is 41.1. The third kappa shape index (κ3) is 4.47. The fourth-order valence-electron chi connectivity index (χ4n) is 2.47. The summed E-state index contributed by atoms with van der Waals surface area (Å²) in [6, 6.07) is 4.48. The number of hydrogen-bond acceptors (Lipinski definition) is 3. The summed E-state index contributed by atoms with van der Waals surface area (Å²) in [5.41, 5.74) is 1.55. The van der Waals surface area contributed by atoms with Crippen molar-refractivity contribution in [3.05, 3.63) is 28.7 Å². The number of hydrogen-bond donors (Lipinski definition) is 4. The maximum atomic E-state index is 12.5. The highest BCUT2D eigenvalue weighted by Crippen LogP contribution is 2.16. The number of H-pyrrole nitrogens is 2. The zero-order valence-corrected chi connectivity index (χ0v) is 14.4. The number of aromatic nitrogens is 2. The van der Waals surface area contributed by atoms with Crippen LogP contribution < -0.4 is 16.3 Å². The number of carbonyl (C=O) groups is 2. The smallest absolute Gasteiger partial charge is 0.323 e.